The molecule has 2 aromatic heterocycles. The molecule has 4 nitrogen and oxygen atoms in total. The van der Waals surface area contributed by atoms with E-state index in [1.54, 1.807) is 12.3 Å². The molecule has 2 N–H and O–H groups in total. The van der Waals surface area contributed by atoms with Gasteiger partial charge in [-0.05, 0) is 44.4 Å². The van der Waals surface area contributed by atoms with E-state index in [4.69, 9.17) is 0 Å². The Kier molecular flexibility index (Phi) is 3.85. The van der Waals surface area contributed by atoms with Gasteiger partial charge in [0, 0.05) is 5.54 Å². The van der Waals surface area contributed by atoms with Crippen LogP contribution >= 0.6 is 11.3 Å². The van der Waals surface area contributed by atoms with E-state index in [1.165, 1.54) is 11.3 Å². The third-order valence-electron chi connectivity index (χ3n) is 2.27. The van der Waals surface area contributed by atoms with Crippen LogP contribution in [-0.2, 0) is 0 Å². The van der Waals surface area contributed by atoms with Crippen molar-refractivity contribution in [3.63, 3.8) is 0 Å². The Bertz CT molecular complexity index is 541. The molecule has 2 aromatic rings. The van der Waals surface area contributed by atoms with Gasteiger partial charge in [-0.3, -0.25) is 4.79 Å². The van der Waals surface area contributed by atoms with Gasteiger partial charge in [0.1, 0.15) is 5.82 Å². The van der Waals surface area contributed by atoms with Crippen molar-refractivity contribution in [1.29, 1.82) is 0 Å². The number of nitrogens with zero attached hydrogens (tertiary/aromatic N) is 1. The van der Waals surface area contributed by atoms with Crippen LogP contribution in [0.2, 0.25) is 0 Å². The van der Waals surface area contributed by atoms with Crippen LogP contribution in [0.25, 0.3) is 0 Å². The number of rotatable bonds is 3. The highest BCUT2D eigenvalue weighted by Gasteiger charge is 2.10. The second-order valence-corrected chi connectivity index (χ2v) is 6.19. The summed E-state index contributed by atoms with van der Waals surface area (Å²) in [4.78, 5) is 16.8. The van der Waals surface area contributed by atoms with Gasteiger partial charge in [-0.2, -0.15) is 0 Å². The fourth-order valence-corrected chi connectivity index (χ4v) is 2.15. The van der Waals surface area contributed by atoms with Crippen molar-refractivity contribution >= 4 is 28.7 Å². The molecule has 0 aromatic carbocycles. The first-order valence-electron chi connectivity index (χ1n) is 6.03. The van der Waals surface area contributed by atoms with Crippen molar-refractivity contribution in [1.82, 2.24) is 4.98 Å². The predicted molar refractivity (Wildman–Crippen MR) is 79.9 cm³/mol. The van der Waals surface area contributed by atoms with Crippen LogP contribution in [0.15, 0.2) is 35.8 Å². The molecule has 0 atom stereocenters. The zero-order valence-corrected chi connectivity index (χ0v) is 12.0. The number of amides is 1. The first-order chi connectivity index (χ1) is 8.94. The van der Waals surface area contributed by atoms with Gasteiger partial charge in [-0.15, -0.1) is 11.3 Å². The molecule has 19 heavy (non-hydrogen) atoms. The molecule has 0 radical (unpaired) electrons. The lowest BCUT2D eigenvalue weighted by Gasteiger charge is -2.21. The summed E-state index contributed by atoms with van der Waals surface area (Å²) >= 11 is 1.42. The summed E-state index contributed by atoms with van der Waals surface area (Å²) in [6.07, 6.45) is 1.65. The second kappa shape index (κ2) is 5.40. The van der Waals surface area contributed by atoms with Gasteiger partial charge >= 0.3 is 0 Å². The smallest absolute Gasteiger partial charge is 0.265 e. The highest BCUT2D eigenvalue weighted by Crippen LogP contribution is 2.16. The van der Waals surface area contributed by atoms with Crippen LogP contribution in [-0.4, -0.2) is 16.4 Å². The fraction of sp³-hybridized carbons (Fsp3) is 0.286. The molecule has 0 fully saturated rings. The molecular formula is C14H17N3OS. The number of pyridine rings is 1. The van der Waals surface area contributed by atoms with Crippen molar-refractivity contribution in [3.8, 4) is 0 Å². The molecule has 0 aliphatic heterocycles. The first kappa shape index (κ1) is 13.5. The van der Waals surface area contributed by atoms with E-state index < -0.39 is 0 Å². The quantitative estimate of drug-likeness (QED) is 0.899. The minimum atomic E-state index is -0.103. The number of aromatic nitrogens is 1. The van der Waals surface area contributed by atoms with E-state index in [9.17, 15) is 4.79 Å². The number of carbonyl (C=O) groups is 1. The monoisotopic (exact) mass is 275 g/mol. The standard InChI is InChI=1S/C14H17N3OS/c1-14(2,3)17-12-7-6-10(9-15-12)16-13(18)11-5-4-8-19-11/h4-9H,1-3H3,(H,15,17)(H,16,18). The Morgan fingerprint density at radius 2 is 2.05 bits per heavy atom. The van der Waals surface area contributed by atoms with Gasteiger partial charge in [-0.1, -0.05) is 6.07 Å². The Morgan fingerprint density at radius 1 is 1.26 bits per heavy atom. The van der Waals surface area contributed by atoms with E-state index in [0.29, 0.717) is 10.6 Å². The fourth-order valence-electron chi connectivity index (χ4n) is 1.53. The zero-order chi connectivity index (χ0) is 13.9. The summed E-state index contributed by atoms with van der Waals surface area (Å²) in [5.41, 5.74) is 0.659. The normalized spacial score (nSPS) is 11.1. The summed E-state index contributed by atoms with van der Waals surface area (Å²) in [7, 11) is 0. The number of hydrogen-bond donors (Lipinski definition) is 2. The lowest BCUT2D eigenvalue weighted by molar-refractivity contribution is 0.103. The molecule has 1 amide bonds. The van der Waals surface area contributed by atoms with Crippen LogP contribution in [0.1, 0.15) is 30.4 Å². The van der Waals surface area contributed by atoms with Crippen molar-refractivity contribution in [2.24, 2.45) is 0 Å². The maximum absolute atomic E-state index is 11.8. The van der Waals surface area contributed by atoms with Crippen LogP contribution in [0, 0.1) is 0 Å². The Hall–Kier alpha value is -1.88. The molecule has 0 saturated carbocycles. The largest absolute Gasteiger partial charge is 0.365 e. The van der Waals surface area contributed by atoms with Crippen molar-refractivity contribution in [2.75, 3.05) is 10.6 Å². The van der Waals surface area contributed by atoms with Gasteiger partial charge in [0.05, 0.1) is 16.8 Å². The number of carbonyl (C=O) groups excluding carboxylic acids is 1. The predicted octanol–water partition coefficient (Wildman–Crippen LogP) is 3.61. The highest BCUT2D eigenvalue weighted by atomic mass is 32.1. The SMILES string of the molecule is CC(C)(C)Nc1ccc(NC(=O)c2cccs2)cn1. The Balaban J connectivity index is 2.01. The van der Waals surface area contributed by atoms with Crippen LogP contribution in [0.4, 0.5) is 11.5 Å². The average molecular weight is 275 g/mol. The lowest BCUT2D eigenvalue weighted by atomic mass is 10.1. The first-order valence-corrected chi connectivity index (χ1v) is 6.91. The van der Waals surface area contributed by atoms with E-state index in [1.807, 2.05) is 23.6 Å². The van der Waals surface area contributed by atoms with Crippen molar-refractivity contribution in [2.45, 2.75) is 26.3 Å². The second-order valence-electron chi connectivity index (χ2n) is 5.24. The summed E-state index contributed by atoms with van der Waals surface area (Å²) < 4.78 is 0. The number of nitrogens with one attached hydrogen (secondary N) is 2. The number of anilines is 2. The summed E-state index contributed by atoms with van der Waals surface area (Å²) in [6.45, 7) is 6.21. The Labute approximate surface area is 116 Å². The topological polar surface area (TPSA) is 54.0 Å². The molecule has 2 heterocycles. The van der Waals surface area contributed by atoms with Gasteiger partial charge in [0.25, 0.3) is 5.91 Å². The van der Waals surface area contributed by atoms with E-state index in [-0.39, 0.29) is 11.4 Å². The maximum Gasteiger partial charge on any atom is 0.265 e. The van der Waals surface area contributed by atoms with Crippen LogP contribution in [0.5, 0.6) is 0 Å². The third-order valence-corrected chi connectivity index (χ3v) is 3.14. The van der Waals surface area contributed by atoms with Crippen LogP contribution < -0.4 is 10.6 Å². The molecule has 0 aliphatic carbocycles. The molecule has 0 unspecified atom stereocenters. The summed E-state index contributed by atoms with van der Waals surface area (Å²) in [6, 6.07) is 7.35. The molecule has 5 heteroatoms. The summed E-state index contributed by atoms with van der Waals surface area (Å²) in [5, 5.41) is 7.96. The van der Waals surface area contributed by atoms with E-state index >= 15 is 0 Å². The minimum Gasteiger partial charge on any atom is -0.365 e. The molecule has 0 saturated heterocycles. The third kappa shape index (κ3) is 4.06. The highest BCUT2D eigenvalue weighted by molar-refractivity contribution is 7.12. The Morgan fingerprint density at radius 3 is 2.58 bits per heavy atom. The van der Waals surface area contributed by atoms with Gasteiger partial charge in [-0.25, -0.2) is 4.98 Å². The zero-order valence-electron chi connectivity index (χ0n) is 11.2. The average Bonchev–Trinajstić information content (AvgIpc) is 2.83. The molecular weight excluding hydrogens is 258 g/mol. The minimum absolute atomic E-state index is 0.0330. The van der Waals surface area contributed by atoms with Gasteiger partial charge < -0.3 is 10.6 Å². The molecule has 2 rings (SSSR count). The molecule has 100 valence electrons. The summed E-state index contributed by atoms with van der Waals surface area (Å²) in [5.74, 6) is 0.690. The molecule has 0 aliphatic rings. The van der Waals surface area contributed by atoms with Crippen molar-refractivity contribution < 1.29 is 4.79 Å². The van der Waals surface area contributed by atoms with Gasteiger partial charge in [0.2, 0.25) is 0 Å². The van der Waals surface area contributed by atoms with Crippen LogP contribution in [0.3, 0.4) is 0 Å². The van der Waals surface area contributed by atoms with E-state index in [2.05, 4.69) is 36.4 Å². The number of thiophene rings is 1. The van der Waals surface area contributed by atoms with E-state index in [0.717, 1.165) is 5.82 Å². The molecule has 0 bridgehead atoms. The lowest BCUT2D eigenvalue weighted by Crippen LogP contribution is -2.26. The van der Waals surface area contributed by atoms with Gasteiger partial charge in [0.15, 0.2) is 0 Å². The number of hydrogen-bond acceptors (Lipinski definition) is 4. The molecule has 0 spiro atoms. The maximum atomic E-state index is 11.8. The van der Waals surface area contributed by atoms with Crippen molar-refractivity contribution in [3.05, 3.63) is 40.7 Å².